The van der Waals surface area contributed by atoms with Gasteiger partial charge in [0.2, 0.25) is 0 Å². The number of anilines is 1. The zero-order valence-electron chi connectivity index (χ0n) is 15.2. The number of piperazine rings is 1. The van der Waals surface area contributed by atoms with Gasteiger partial charge in [0.15, 0.2) is 5.82 Å². The number of tetrazole rings is 1. The van der Waals surface area contributed by atoms with Gasteiger partial charge in [-0.05, 0) is 33.5 Å². The first kappa shape index (κ1) is 16.9. The minimum atomic E-state index is 0.196. The Balaban J connectivity index is 1.54. The lowest BCUT2D eigenvalue weighted by atomic mass is 9.87. The van der Waals surface area contributed by atoms with Crippen LogP contribution in [-0.4, -0.2) is 57.8 Å². The van der Waals surface area contributed by atoms with Gasteiger partial charge in [0, 0.05) is 51.9 Å². The molecule has 0 N–H and O–H groups in total. The fourth-order valence-electron chi connectivity index (χ4n) is 3.12. The fourth-order valence-corrected chi connectivity index (χ4v) is 3.12. The van der Waals surface area contributed by atoms with Crippen molar-refractivity contribution < 1.29 is 0 Å². The zero-order valence-corrected chi connectivity index (χ0v) is 15.2. The Labute approximate surface area is 144 Å². The Morgan fingerprint density at radius 3 is 2.46 bits per heavy atom. The minimum absolute atomic E-state index is 0.196. The van der Waals surface area contributed by atoms with E-state index in [1.165, 1.54) is 11.3 Å². The van der Waals surface area contributed by atoms with Crippen molar-refractivity contribution in [3.05, 3.63) is 35.7 Å². The number of nitrogens with zero attached hydrogens (tertiary/aromatic N) is 6. The molecule has 3 rings (SSSR count). The number of aromatic nitrogens is 4. The highest BCUT2D eigenvalue weighted by Crippen LogP contribution is 2.26. The molecule has 1 aliphatic heterocycles. The van der Waals surface area contributed by atoms with E-state index in [2.05, 4.69) is 70.4 Å². The molecule has 0 atom stereocenters. The summed E-state index contributed by atoms with van der Waals surface area (Å²) in [6, 6.07) is 9.00. The quantitative estimate of drug-likeness (QED) is 0.858. The van der Waals surface area contributed by atoms with Gasteiger partial charge in [-0.25, -0.2) is 4.68 Å². The predicted molar refractivity (Wildman–Crippen MR) is 96.3 cm³/mol. The lowest BCUT2D eigenvalue weighted by molar-refractivity contribution is 0.258. The third-order valence-electron chi connectivity index (χ3n) is 4.81. The Bertz CT molecular complexity index is 664. The van der Waals surface area contributed by atoms with Crippen molar-refractivity contribution in [2.24, 2.45) is 7.05 Å². The highest BCUT2D eigenvalue weighted by molar-refractivity contribution is 5.50. The molecule has 0 saturated carbocycles. The Kier molecular flexibility index (Phi) is 4.85. The maximum absolute atomic E-state index is 4.06. The molecule has 0 aliphatic carbocycles. The molecule has 1 aliphatic rings. The van der Waals surface area contributed by atoms with Crippen LogP contribution in [0.1, 0.15) is 32.2 Å². The van der Waals surface area contributed by atoms with Crippen LogP contribution in [0.4, 0.5) is 5.69 Å². The van der Waals surface area contributed by atoms with Gasteiger partial charge in [-0.2, -0.15) is 0 Å². The van der Waals surface area contributed by atoms with E-state index in [1.54, 1.807) is 4.68 Å². The van der Waals surface area contributed by atoms with E-state index in [0.29, 0.717) is 0 Å². The summed E-state index contributed by atoms with van der Waals surface area (Å²) in [5.41, 5.74) is 2.94. The second-order valence-corrected chi connectivity index (χ2v) is 7.60. The van der Waals surface area contributed by atoms with Crippen LogP contribution in [0.25, 0.3) is 0 Å². The number of rotatable bonds is 4. The van der Waals surface area contributed by atoms with Gasteiger partial charge in [-0.1, -0.05) is 32.9 Å². The van der Waals surface area contributed by atoms with Crippen LogP contribution in [0.5, 0.6) is 0 Å². The smallest absolute Gasteiger partial charge is 0.152 e. The molecule has 0 bridgehead atoms. The molecule has 24 heavy (non-hydrogen) atoms. The van der Waals surface area contributed by atoms with E-state index in [1.807, 2.05) is 7.05 Å². The Morgan fingerprint density at radius 1 is 1.08 bits per heavy atom. The number of aryl methyl sites for hydroxylation is 1. The summed E-state index contributed by atoms with van der Waals surface area (Å²) in [6.07, 6.45) is 0.906. The van der Waals surface area contributed by atoms with E-state index >= 15 is 0 Å². The molecule has 1 fully saturated rings. The van der Waals surface area contributed by atoms with E-state index in [-0.39, 0.29) is 5.41 Å². The highest BCUT2D eigenvalue weighted by Gasteiger charge is 2.20. The number of hydrogen-bond donors (Lipinski definition) is 0. The summed E-state index contributed by atoms with van der Waals surface area (Å²) in [5, 5.41) is 11.7. The molecule has 1 saturated heterocycles. The van der Waals surface area contributed by atoms with E-state index in [9.17, 15) is 0 Å². The molecular formula is C18H28N6. The predicted octanol–water partition coefficient (Wildman–Crippen LogP) is 1.87. The van der Waals surface area contributed by atoms with Crippen LogP contribution in [0.2, 0.25) is 0 Å². The molecule has 6 heteroatoms. The average Bonchev–Trinajstić information content (AvgIpc) is 2.98. The van der Waals surface area contributed by atoms with E-state index < -0.39 is 0 Å². The summed E-state index contributed by atoms with van der Waals surface area (Å²) in [5.74, 6) is 0.954. The molecule has 0 unspecified atom stereocenters. The van der Waals surface area contributed by atoms with Gasteiger partial charge in [-0.15, -0.1) is 5.10 Å². The average molecular weight is 328 g/mol. The van der Waals surface area contributed by atoms with Crippen molar-refractivity contribution in [1.82, 2.24) is 25.1 Å². The summed E-state index contributed by atoms with van der Waals surface area (Å²) in [7, 11) is 1.90. The van der Waals surface area contributed by atoms with Crippen molar-refractivity contribution in [2.45, 2.75) is 32.6 Å². The SMILES string of the molecule is Cn1nnnc1CCN1CCN(c2cccc(C(C)(C)C)c2)CC1. The summed E-state index contributed by atoms with van der Waals surface area (Å²) < 4.78 is 1.76. The lowest BCUT2D eigenvalue weighted by Crippen LogP contribution is -2.47. The number of benzene rings is 1. The maximum Gasteiger partial charge on any atom is 0.152 e. The molecule has 6 nitrogen and oxygen atoms in total. The van der Waals surface area contributed by atoms with Gasteiger partial charge in [0.05, 0.1) is 0 Å². The minimum Gasteiger partial charge on any atom is -0.369 e. The second-order valence-electron chi connectivity index (χ2n) is 7.60. The molecule has 0 radical (unpaired) electrons. The fraction of sp³-hybridized carbons (Fsp3) is 0.611. The Hall–Kier alpha value is -1.95. The standard InChI is InChI=1S/C18H28N6/c1-18(2,3)15-6-5-7-16(14-15)24-12-10-23(11-13-24)9-8-17-19-20-21-22(17)4/h5-7,14H,8-13H2,1-4H3. The van der Waals surface area contributed by atoms with Crippen molar-refractivity contribution in [3.8, 4) is 0 Å². The van der Waals surface area contributed by atoms with Crippen LogP contribution < -0.4 is 4.90 Å². The van der Waals surface area contributed by atoms with Crippen molar-refractivity contribution in [3.63, 3.8) is 0 Å². The topological polar surface area (TPSA) is 50.1 Å². The third-order valence-corrected chi connectivity index (χ3v) is 4.81. The highest BCUT2D eigenvalue weighted by atomic mass is 15.5. The van der Waals surface area contributed by atoms with Crippen molar-refractivity contribution >= 4 is 5.69 Å². The molecular weight excluding hydrogens is 300 g/mol. The molecule has 1 aromatic heterocycles. The maximum atomic E-state index is 4.06. The van der Waals surface area contributed by atoms with Crippen LogP contribution in [-0.2, 0) is 18.9 Å². The van der Waals surface area contributed by atoms with E-state index in [4.69, 9.17) is 0 Å². The van der Waals surface area contributed by atoms with Crippen molar-refractivity contribution in [1.29, 1.82) is 0 Å². The number of hydrogen-bond acceptors (Lipinski definition) is 5. The van der Waals surface area contributed by atoms with Gasteiger partial charge in [0.25, 0.3) is 0 Å². The third kappa shape index (κ3) is 3.93. The van der Waals surface area contributed by atoms with Crippen LogP contribution in [0.15, 0.2) is 24.3 Å². The first-order valence-electron chi connectivity index (χ1n) is 8.72. The lowest BCUT2D eigenvalue weighted by Gasteiger charge is -2.36. The Morgan fingerprint density at radius 2 is 1.83 bits per heavy atom. The van der Waals surface area contributed by atoms with Crippen molar-refractivity contribution in [2.75, 3.05) is 37.6 Å². The largest absolute Gasteiger partial charge is 0.369 e. The van der Waals surface area contributed by atoms with Gasteiger partial charge in [0.1, 0.15) is 0 Å². The summed E-state index contributed by atoms with van der Waals surface area (Å²) in [6.45, 7) is 12.2. The van der Waals surface area contributed by atoms with E-state index in [0.717, 1.165) is 45.0 Å². The molecule has 130 valence electrons. The van der Waals surface area contributed by atoms with Crippen LogP contribution >= 0.6 is 0 Å². The van der Waals surface area contributed by atoms with Crippen LogP contribution in [0, 0.1) is 0 Å². The summed E-state index contributed by atoms with van der Waals surface area (Å²) in [4.78, 5) is 4.99. The van der Waals surface area contributed by atoms with Crippen LogP contribution in [0.3, 0.4) is 0 Å². The molecule has 2 aromatic rings. The first-order valence-corrected chi connectivity index (χ1v) is 8.72. The van der Waals surface area contributed by atoms with Gasteiger partial charge < -0.3 is 4.90 Å². The molecule has 1 aromatic carbocycles. The van der Waals surface area contributed by atoms with Gasteiger partial charge in [-0.3, -0.25) is 4.90 Å². The molecule has 2 heterocycles. The first-order chi connectivity index (χ1) is 11.4. The monoisotopic (exact) mass is 328 g/mol. The van der Waals surface area contributed by atoms with Gasteiger partial charge >= 0.3 is 0 Å². The molecule has 0 amide bonds. The second kappa shape index (κ2) is 6.89. The normalized spacial score (nSPS) is 16.6. The zero-order chi connectivity index (χ0) is 17.2. The summed E-state index contributed by atoms with van der Waals surface area (Å²) >= 11 is 0. The molecule has 0 spiro atoms.